The second-order valence-electron chi connectivity index (χ2n) is 4.11. The maximum absolute atomic E-state index is 12.1. The molecule has 0 atom stereocenters. The molecule has 7 heteroatoms. The van der Waals surface area contributed by atoms with Crippen LogP contribution in [0.5, 0.6) is 11.5 Å². The van der Waals surface area contributed by atoms with Crippen LogP contribution in [0.3, 0.4) is 0 Å². The molecule has 0 aliphatic carbocycles. The van der Waals surface area contributed by atoms with E-state index in [1.54, 1.807) is 24.3 Å². The molecule has 1 aliphatic rings. The third-order valence-corrected chi connectivity index (χ3v) is 2.72. The second-order valence-corrected chi connectivity index (χ2v) is 4.11. The summed E-state index contributed by atoms with van der Waals surface area (Å²) < 4.78 is 10.8. The van der Waals surface area contributed by atoms with Gasteiger partial charge in [-0.2, -0.15) is 4.98 Å². The summed E-state index contributed by atoms with van der Waals surface area (Å²) in [5.74, 6) is 1.34. The number of carbonyl (C=O) groups excluding carboxylic acids is 1. The summed E-state index contributed by atoms with van der Waals surface area (Å²) in [4.78, 5) is 19.8. The lowest BCUT2D eigenvalue weighted by molar-refractivity contribution is 0.102. The van der Waals surface area contributed by atoms with Crippen LogP contribution >= 0.6 is 0 Å². The van der Waals surface area contributed by atoms with Gasteiger partial charge in [0.05, 0.1) is 0 Å². The van der Waals surface area contributed by atoms with Crippen molar-refractivity contribution in [1.29, 1.82) is 0 Å². The minimum Gasteiger partial charge on any atom is -0.486 e. The highest BCUT2D eigenvalue weighted by atomic mass is 16.6. The van der Waals surface area contributed by atoms with Crippen molar-refractivity contribution in [2.24, 2.45) is 0 Å². The molecule has 1 amide bonds. The van der Waals surface area contributed by atoms with E-state index in [1.807, 2.05) is 0 Å². The van der Waals surface area contributed by atoms with Crippen LogP contribution in [0, 0.1) is 0 Å². The van der Waals surface area contributed by atoms with E-state index in [0.717, 1.165) is 0 Å². The van der Waals surface area contributed by atoms with Gasteiger partial charge in [-0.05, 0) is 24.3 Å². The topological polar surface area (TPSA) is 99.4 Å². The van der Waals surface area contributed by atoms with E-state index < -0.39 is 0 Å². The van der Waals surface area contributed by atoms with Crippen LogP contribution in [-0.2, 0) is 0 Å². The molecule has 3 N–H and O–H groups in total. The zero-order valence-corrected chi connectivity index (χ0v) is 10.5. The number of aromatic nitrogens is 2. The molecular weight excluding hydrogens is 260 g/mol. The molecule has 2 heterocycles. The zero-order valence-electron chi connectivity index (χ0n) is 10.5. The maximum atomic E-state index is 12.1. The Morgan fingerprint density at radius 1 is 1.20 bits per heavy atom. The fourth-order valence-electron chi connectivity index (χ4n) is 1.82. The number of ether oxygens (including phenoxy) is 2. The zero-order chi connectivity index (χ0) is 13.9. The van der Waals surface area contributed by atoms with Gasteiger partial charge in [0, 0.05) is 11.8 Å². The van der Waals surface area contributed by atoms with Crippen LogP contribution in [0.15, 0.2) is 30.5 Å². The van der Waals surface area contributed by atoms with Crippen molar-refractivity contribution in [2.75, 3.05) is 24.3 Å². The van der Waals surface area contributed by atoms with E-state index in [2.05, 4.69) is 15.3 Å². The highest BCUT2D eigenvalue weighted by molar-refractivity contribution is 6.04. The number of rotatable bonds is 2. The number of benzene rings is 1. The van der Waals surface area contributed by atoms with Crippen molar-refractivity contribution < 1.29 is 14.3 Å². The summed E-state index contributed by atoms with van der Waals surface area (Å²) in [5.41, 5.74) is 5.90. The summed E-state index contributed by atoms with van der Waals surface area (Å²) >= 11 is 0. The lowest BCUT2D eigenvalue weighted by atomic mass is 10.2. The Morgan fingerprint density at radius 3 is 2.80 bits per heavy atom. The smallest absolute Gasteiger partial charge is 0.256 e. The molecule has 1 aromatic carbocycles. The highest BCUT2D eigenvalue weighted by Gasteiger charge is 2.15. The Bertz CT molecular complexity index is 660. The van der Waals surface area contributed by atoms with E-state index >= 15 is 0 Å². The molecule has 0 bridgehead atoms. The van der Waals surface area contributed by atoms with Crippen molar-refractivity contribution in [3.63, 3.8) is 0 Å². The lowest BCUT2D eigenvalue weighted by Crippen LogP contribution is -2.17. The third kappa shape index (κ3) is 2.46. The molecule has 3 rings (SSSR count). The van der Waals surface area contributed by atoms with Crippen molar-refractivity contribution in [3.8, 4) is 11.5 Å². The van der Waals surface area contributed by atoms with Gasteiger partial charge in [-0.25, -0.2) is 4.98 Å². The summed E-state index contributed by atoms with van der Waals surface area (Å²) in [6.45, 7) is 0.985. The minimum absolute atomic E-state index is 0.102. The Balaban J connectivity index is 1.80. The van der Waals surface area contributed by atoms with E-state index in [-0.39, 0.29) is 11.9 Å². The maximum Gasteiger partial charge on any atom is 0.256 e. The number of nitrogens with two attached hydrogens (primary N) is 1. The number of nitrogens with one attached hydrogen (secondary N) is 1. The SMILES string of the molecule is Nc1nccc(NC(=O)c2ccc3c(c2)OCCO3)n1. The first-order chi connectivity index (χ1) is 9.72. The predicted molar refractivity (Wildman–Crippen MR) is 71.8 cm³/mol. The normalized spacial score (nSPS) is 12.8. The molecule has 1 aliphatic heterocycles. The number of carbonyl (C=O) groups is 1. The number of fused-ring (bicyclic) bond motifs is 1. The Labute approximate surface area is 114 Å². The molecule has 0 saturated heterocycles. The van der Waals surface area contributed by atoms with Crippen LogP contribution in [0.4, 0.5) is 11.8 Å². The summed E-state index contributed by atoms with van der Waals surface area (Å²) in [6, 6.07) is 6.56. The first-order valence-corrected chi connectivity index (χ1v) is 6.02. The fourth-order valence-corrected chi connectivity index (χ4v) is 1.82. The molecule has 0 radical (unpaired) electrons. The molecule has 0 fully saturated rings. The summed E-state index contributed by atoms with van der Waals surface area (Å²) in [6.07, 6.45) is 1.47. The average Bonchev–Trinajstić information content (AvgIpc) is 2.47. The Morgan fingerprint density at radius 2 is 2.00 bits per heavy atom. The molecule has 0 spiro atoms. The first-order valence-electron chi connectivity index (χ1n) is 6.02. The molecule has 0 saturated carbocycles. The lowest BCUT2D eigenvalue weighted by Gasteiger charge is -2.18. The Hall–Kier alpha value is -2.83. The predicted octanol–water partition coefficient (Wildman–Crippen LogP) is 1.08. The van der Waals surface area contributed by atoms with Crippen molar-refractivity contribution in [1.82, 2.24) is 9.97 Å². The average molecular weight is 272 g/mol. The number of amides is 1. The first kappa shape index (κ1) is 12.2. The van der Waals surface area contributed by atoms with E-state index in [1.165, 1.54) is 6.20 Å². The summed E-state index contributed by atoms with van der Waals surface area (Å²) in [5, 5.41) is 2.64. The van der Waals surface area contributed by atoms with E-state index in [9.17, 15) is 4.79 Å². The Kier molecular flexibility index (Phi) is 3.08. The van der Waals surface area contributed by atoms with Crippen molar-refractivity contribution in [3.05, 3.63) is 36.0 Å². The highest BCUT2D eigenvalue weighted by Crippen LogP contribution is 2.30. The molecular formula is C13H12N4O3. The van der Waals surface area contributed by atoms with Gasteiger partial charge in [0.25, 0.3) is 5.91 Å². The van der Waals surface area contributed by atoms with Crippen molar-refractivity contribution in [2.45, 2.75) is 0 Å². The largest absolute Gasteiger partial charge is 0.486 e. The second kappa shape index (κ2) is 5.04. The number of nitrogens with zero attached hydrogens (tertiary/aromatic N) is 2. The van der Waals surface area contributed by atoms with Gasteiger partial charge in [-0.15, -0.1) is 0 Å². The molecule has 102 valence electrons. The van der Waals surface area contributed by atoms with Crippen LogP contribution < -0.4 is 20.5 Å². The van der Waals surface area contributed by atoms with Gasteiger partial charge < -0.3 is 20.5 Å². The van der Waals surface area contributed by atoms with Crippen LogP contribution in [0.2, 0.25) is 0 Å². The van der Waals surface area contributed by atoms with Gasteiger partial charge in [0.2, 0.25) is 5.95 Å². The number of nitrogen functional groups attached to an aromatic ring is 1. The van der Waals surface area contributed by atoms with Gasteiger partial charge in [0.1, 0.15) is 19.0 Å². The van der Waals surface area contributed by atoms with Crippen LogP contribution in [0.25, 0.3) is 0 Å². The molecule has 20 heavy (non-hydrogen) atoms. The van der Waals surface area contributed by atoms with Crippen LogP contribution in [0.1, 0.15) is 10.4 Å². The van der Waals surface area contributed by atoms with Crippen LogP contribution in [-0.4, -0.2) is 29.1 Å². The van der Waals surface area contributed by atoms with E-state index in [0.29, 0.717) is 36.1 Å². The molecule has 0 unspecified atom stereocenters. The minimum atomic E-state index is -0.305. The third-order valence-electron chi connectivity index (χ3n) is 2.72. The van der Waals surface area contributed by atoms with E-state index in [4.69, 9.17) is 15.2 Å². The fraction of sp³-hybridized carbons (Fsp3) is 0.154. The monoisotopic (exact) mass is 272 g/mol. The molecule has 7 nitrogen and oxygen atoms in total. The number of hydrogen-bond acceptors (Lipinski definition) is 6. The van der Waals surface area contributed by atoms with Crippen molar-refractivity contribution >= 4 is 17.7 Å². The van der Waals surface area contributed by atoms with Gasteiger partial charge >= 0.3 is 0 Å². The number of anilines is 2. The van der Waals surface area contributed by atoms with Gasteiger partial charge in [-0.3, -0.25) is 4.79 Å². The van der Waals surface area contributed by atoms with Gasteiger partial charge in [-0.1, -0.05) is 0 Å². The summed E-state index contributed by atoms with van der Waals surface area (Å²) in [7, 11) is 0. The quantitative estimate of drug-likeness (QED) is 0.848. The molecule has 2 aromatic rings. The number of hydrogen-bond donors (Lipinski definition) is 2. The van der Waals surface area contributed by atoms with Gasteiger partial charge in [0.15, 0.2) is 11.5 Å². The molecule has 1 aromatic heterocycles. The standard InChI is InChI=1S/C13H12N4O3/c14-13-15-4-3-11(17-13)16-12(18)8-1-2-9-10(7-8)20-6-5-19-9/h1-4,7H,5-6H2,(H3,14,15,16,17,18).